The lowest BCUT2D eigenvalue weighted by atomic mass is 9.69. The number of rotatable bonds is 1. The fourth-order valence-corrected chi connectivity index (χ4v) is 2.60. The number of fused-ring (bicyclic) bond motifs is 1. The van der Waals surface area contributed by atoms with Crippen molar-refractivity contribution in [1.29, 1.82) is 0 Å². The monoisotopic (exact) mass is 218 g/mol. The summed E-state index contributed by atoms with van der Waals surface area (Å²) in [4.78, 5) is 35.5. The Balaban J connectivity index is 2.50. The highest BCUT2D eigenvalue weighted by atomic mass is 16.2. The molecule has 0 bridgehead atoms. The van der Waals surface area contributed by atoms with E-state index in [0.717, 1.165) is 0 Å². The van der Waals surface area contributed by atoms with E-state index < -0.39 is 0 Å². The van der Waals surface area contributed by atoms with Gasteiger partial charge in [-0.25, -0.2) is 0 Å². The van der Waals surface area contributed by atoms with Gasteiger partial charge in [-0.05, 0) is 26.7 Å². The molecular formula is C13H14O3. The Morgan fingerprint density at radius 2 is 1.62 bits per heavy atom. The molecule has 2 unspecified atom stereocenters. The summed E-state index contributed by atoms with van der Waals surface area (Å²) in [6.07, 6.45) is 5.07. The molecule has 0 aromatic carbocycles. The van der Waals surface area contributed by atoms with Crippen molar-refractivity contribution in [2.45, 2.75) is 26.7 Å². The van der Waals surface area contributed by atoms with Gasteiger partial charge in [-0.15, -0.1) is 0 Å². The van der Waals surface area contributed by atoms with E-state index in [9.17, 15) is 14.4 Å². The molecule has 0 spiro atoms. The Kier molecular flexibility index (Phi) is 2.62. The van der Waals surface area contributed by atoms with Crippen LogP contribution in [0.25, 0.3) is 0 Å². The third kappa shape index (κ3) is 1.47. The van der Waals surface area contributed by atoms with Crippen molar-refractivity contribution < 1.29 is 14.4 Å². The molecule has 2 rings (SSSR count). The van der Waals surface area contributed by atoms with Gasteiger partial charge in [-0.2, -0.15) is 0 Å². The molecule has 0 saturated carbocycles. The predicted molar refractivity (Wildman–Crippen MR) is 58.7 cm³/mol. The minimum atomic E-state index is -0.305. The van der Waals surface area contributed by atoms with E-state index >= 15 is 0 Å². The van der Waals surface area contributed by atoms with Crippen LogP contribution in [-0.2, 0) is 14.4 Å². The predicted octanol–water partition coefficient (Wildman–Crippen LogP) is 1.63. The van der Waals surface area contributed by atoms with E-state index in [-0.39, 0.29) is 34.8 Å². The van der Waals surface area contributed by atoms with Crippen LogP contribution in [0.1, 0.15) is 26.7 Å². The molecule has 0 N–H and O–H groups in total. The second-order valence-corrected chi connectivity index (χ2v) is 4.44. The highest BCUT2D eigenvalue weighted by molar-refractivity contribution is 6.27. The quantitative estimate of drug-likeness (QED) is 0.496. The van der Waals surface area contributed by atoms with E-state index in [4.69, 9.17) is 0 Å². The molecule has 0 aliphatic heterocycles. The van der Waals surface area contributed by atoms with Gasteiger partial charge >= 0.3 is 0 Å². The lowest BCUT2D eigenvalue weighted by Gasteiger charge is -2.31. The summed E-state index contributed by atoms with van der Waals surface area (Å²) in [6.45, 7) is 2.94. The lowest BCUT2D eigenvalue weighted by molar-refractivity contribution is -0.132. The first-order valence-electron chi connectivity index (χ1n) is 5.49. The summed E-state index contributed by atoms with van der Waals surface area (Å²) in [5.41, 5.74) is 0.482. The summed E-state index contributed by atoms with van der Waals surface area (Å²) in [5.74, 6) is -0.998. The number of Topliss-reactive ketones (excluding diaryl/α,β-unsaturated/α-hetero) is 3. The fourth-order valence-electron chi connectivity index (χ4n) is 2.60. The molecule has 2 aliphatic rings. The van der Waals surface area contributed by atoms with Gasteiger partial charge in [0.05, 0.1) is 5.57 Å². The second-order valence-electron chi connectivity index (χ2n) is 4.44. The smallest absolute Gasteiger partial charge is 0.170 e. The number of allylic oxidation sites excluding steroid dienone is 4. The van der Waals surface area contributed by atoms with E-state index in [2.05, 4.69) is 0 Å². The van der Waals surface area contributed by atoms with Crippen molar-refractivity contribution in [3.63, 3.8) is 0 Å². The van der Waals surface area contributed by atoms with Crippen molar-refractivity contribution in [3.05, 3.63) is 23.3 Å². The first-order valence-corrected chi connectivity index (χ1v) is 5.49. The Morgan fingerprint density at radius 1 is 1.12 bits per heavy atom. The number of hydrogen-bond donors (Lipinski definition) is 0. The maximum atomic E-state index is 12.1. The molecular weight excluding hydrogens is 204 g/mol. The number of carbonyl (C=O) groups is 3. The summed E-state index contributed by atoms with van der Waals surface area (Å²) in [7, 11) is 0. The van der Waals surface area contributed by atoms with Crippen LogP contribution >= 0.6 is 0 Å². The second kappa shape index (κ2) is 3.81. The lowest BCUT2D eigenvalue weighted by Crippen LogP contribution is -2.39. The van der Waals surface area contributed by atoms with Crippen molar-refractivity contribution in [2.75, 3.05) is 0 Å². The first kappa shape index (κ1) is 11.0. The Bertz CT molecular complexity index is 440. The molecule has 84 valence electrons. The van der Waals surface area contributed by atoms with Crippen LogP contribution in [-0.4, -0.2) is 17.3 Å². The summed E-state index contributed by atoms with van der Waals surface area (Å²) >= 11 is 0. The Labute approximate surface area is 94.2 Å². The van der Waals surface area contributed by atoms with E-state index in [1.165, 1.54) is 6.92 Å². The van der Waals surface area contributed by atoms with Gasteiger partial charge in [0.2, 0.25) is 0 Å². The maximum Gasteiger partial charge on any atom is 0.170 e. The zero-order valence-corrected chi connectivity index (χ0v) is 9.45. The van der Waals surface area contributed by atoms with Gasteiger partial charge < -0.3 is 0 Å². The van der Waals surface area contributed by atoms with Gasteiger partial charge in [-0.3, -0.25) is 14.4 Å². The van der Waals surface area contributed by atoms with Gasteiger partial charge in [0.25, 0.3) is 0 Å². The molecule has 0 heterocycles. The molecule has 16 heavy (non-hydrogen) atoms. The van der Waals surface area contributed by atoms with Gasteiger partial charge in [-0.1, -0.05) is 12.2 Å². The minimum absolute atomic E-state index is 0.0286. The molecule has 2 aliphatic carbocycles. The fraction of sp³-hybridized carbons (Fsp3) is 0.462. The van der Waals surface area contributed by atoms with Crippen molar-refractivity contribution in [2.24, 2.45) is 11.8 Å². The van der Waals surface area contributed by atoms with Crippen molar-refractivity contribution in [3.8, 4) is 0 Å². The average molecular weight is 218 g/mol. The van der Waals surface area contributed by atoms with Gasteiger partial charge in [0.15, 0.2) is 17.3 Å². The highest BCUT2D eigenvalue weighted by Crippen LogP contribution is 2.36. The molecule has 0 aromatic rings. The molecule has 0 fully saturated rings. The largest absolute Gasteiger partial charge is 0.294 e. The van der Waals surface area contributed by atoms with Crippen LogP contribution in [0, 0.1) is 11.8 Å². The number of carbonyl (C=O) groups excluding carboxylic acids is 3. The zero-order chi connectivity index (χ0) is 11.9. The van der Waals surface area contributed by atoms with Crippen LogP contribution in [0.5, 0.6) is 0 Å². The van der Waals surface area contributed by atoms with Gasteiger partial charge in [0.1, 0.15) is 0 Å². The molecule has 0 saturated heterocycles. The van der Waals surface area contributed by atoms with E-state index in [0.29, 0.717) is 18.4 Å². The SMILES string of the molecule is CC(=O)C1=C(C)C(=O)C2CC=CCC2C1=O. The molecule has 2 atom stereocenters. The van der Waals surface area contributed by atoms with E-state index in [1.807, 2.05) is 12.2 Å². The Morgan fingerprint density at radius 3 is 2.12 bits per heavy atom. The summed E-state index contributed by atoms with van der Waals surface area (Å²) < 4.78 is 0. The summed E-state index contributed by atoms with van der Waals surface area (Å²) in [5, 5.41) is 0. The van der Waals surface area contributed by atoms with Crippen LogP contribution in [0.4, 0.5) is 0 Å². The zero-order valence-electron chi connectivity index (χ0n) is 9.45. The molecule has 0 amide bonds. The Hall–Kier alpha value is -1.51. The number of hydrogen-bond acceptors (Lipinski definition) is 3. The molecule has 0 aromatic heterocycles. The summed E-state index contributed by atoms with van der Waals surface area (Å²) in [6, 6.07) is 0. The van der Waals surface area contributed by atoms with Crippen molar-refractivity contribution >= 4 is 17.3 Å². The van der Waals surface area contributed by atoms with Crippen molar-refractivity contribution in [1.82, 2.24) is 0 Å². The average Bonchev–Trinajstić information content (AvgIpc) is 2.26. The van der Waals surface area contributed by atoms with Crippen LogP contribution < -0.4 is 0 Å². The molecule has 3 heteroatoms. The van der Waals surface area contributed by atoms with Gasteiger partial charge in [0, 0.05) is 17.4 Å². The van der Waals surface area contributed by atoms with Crippen LogP contribution in [0.2, 0.25) is 0 Å². The normalized spacial score (nSPS) is 29.4. The maximum absolute atomic E-state index is 12.1. The van der Waals surface area contributed by atoms with Crippen LogP contribution in [0.15, 0.2) is 23.3 Å². The first-order chi connectivity index (χ1) is 7.54. The topological polar surface area (TPSA) is 51.2 Å². The minimum Gasteiger partial charge on any atom is -0.294 e. The number of ketones is 3. The van der Waals surface area contributed by atoms with E-state index in [1.54, 1.807) is 6.92 Å². The highest BCUT2D eigenvalue weighted by Gasteiger charge is 2.42. The molecule has 0 radical (unpaired) electrons. The van der Waals surface area contributed by atoms with Crippen LogP contribution in [0.3, 0.4) is 0 Å². The molecule has 3 nitrogen and oxygen atoms in total. The standard InChI is InChI=1S/C13H14O3/c1-7-11(8(2)14)13(16)10-6-4-3-5-9(10)12(7)15/h3-4,9-10H,5-6H2,1-2H3. The third-order valence-corrected chi connectivity index (χ3v) is 3.45. The third-order valence-electron chi connectivity index (χ3n) is 3.45.